The van der Waals surface area contributed by atoms with E-state index in [1.165, 1.54) is 0 Å². The number of halogens is 1. The van der Waals surface area contributed by atoms with Crippen LogP contribution in [-0.2, 0) is 4.79 Å². The van der Waals surface area contributed by atoms with Crippen molar-refractivity contribution in [1.82, 2.24) is 0 Å². The number of hydrogen-bond acceptors (Lipinski definition) is 2. The quantitative estimate of drug-likeness (QED) is 0.625. The van der Waals surface area contributed by atoms with E-state index >= 15 is 0 Å². The SMILES string of the molecule is CCCCOc1ccc(NC(=O)C(C)Cl)cc1. The highest BCUT2D eigenvalue weighted by molar-refractivity contribution is 6.32. The van der Waals surface area contributed by atoms with Crippen LogP contribution in [0.3, 0.4) is 0 Å². The number of amides is 1. The molecule has 1 unspecified atom stereocenters. The molecule has 0 aliphatic rings. The van der Waals surface area contributed by atoms with E-state index in [1.807, 2.05) is 12.1 Å². The average molecular weight is 256 g/mol. The molecule has 1 aromatic rings. The first-order chi connectivity index (χ1) is 8.13. The molecule has 0 heterocycles. The van der Waals surface area contributed by atoms with Gasteiger partial charge in [-0.25, -0.2) is 0 Å². The van der Waals surface area contributed by atoms with Crippen LogP contribution in [0.4, 0.5) is 5.69 Å². The van der Waals surface area contributed by atoms with Crippen LogP contribution in [0.2, 0.25) is 0 Å². The first-order valence-electron chi connectivity index (χ1n) is 5.81. The Labute approximate surface area is 107 Å². The number of alkyl halides is 1. The van der Waals surface area contributed by atoms with Crippen molar-refractivity contribution in [3.05, 3.63) is 24.3 Å². The van der Waals surface area contributed by atoms with Crippen LogP contribution in [0.25, 0.3) is 0 Å². The maximum Gasteiger partial charge on any atom is 0.242 e. The van der Waals surface area contributed by atoms with Crippen LogP contribution in [0.1, 0.15) is 26.7 Å². The molecule has 0 aliphatic heterocycles. The van der Waals surface area contributed by atoms with Gasteiger partial charge in [0.2, 0.25) is 5.91 Å². The summed E-state index contributed by atoms with van der Waals surface area (Å²) in [6.45, 7) is 4.48. The summed E-state index contributed by atoms with van der Waals surface area (Å²) in [5, 5.41) is 2.18. The summed E-state index contributed by atoms with van der Waals surface area (Å²) in [5.74, 6) is 0.613. The second-order valence-corrected chi connectivity index (χ2v) is 4.49. The maximum atomic E-state index is 11.3. The summed E-state index contributed by atoms with van der Waals surface area (Å²) in [6.07, 6.45) is 2.16. The lowest BCUT2D eigenvalue weighted by atomic mass is 10.3. The number of anilines is 1. The average Bonchev–Trinajstić information content (AvgIpc) is 2.31. The maximum absolute atomic E-state index is 11.3. The molecule has 1 amide bonds. The van der Waals surface area contributed by atoms with Crippen molar-refractivity contribution in [2.24, 2.45) is 0 Å². The number of carbonyl (C=O) groups is 1. The first-order valence-corrected chi connectivity index (χ1v) is 6.25. The zero-order valence-corrected chi connectivity index (χ0v) is 11.0. The summed E-state index contributed by atoms with van der Waals surface area (Å²) in [5.41, 5.74) is 0.727. The standard InChI is InChI=1S/C13H18ClNO2/c1-3-4-9-17-12-7-5-11(6-8-12)15-13(16)10(2)14/h5-8,10H,3-4,9H2,1-2H3,(H,15,16). The number of benzene rings is 1. The summed E-state index contributed by atoms with van der Waals surface area (Å²) in [7, 11) is 0. The third-order valence-electron chi connectivity index (χ3n) is 2.25. The van der Waals surface area contributed by atoms with Gasteiger partial charge in [0.15, 0.2) is 0 Å². The van der Waals surface area contributed by atoms with Crippen molar-refractivity contribution in [2.45, 2.75) is 32.1 Å². The van der Waals surface area contributed by atoms with Gasteiger partial charge in [-0.2, -0.15) is 0 Å². The van der Waals surface area contributed by atoms with E-state index in [-0.39, 0.29) is 5.91 Å². The molecule has 3 nitrogen and oxygen atoms in total. The van der Waals surface area contributed by atoms with Crippen LogP contribution in [-0.4, -0.2) is 17.9 Å². The highest BCUT2D eigenvalue weighted by atomic mass is 35.5. The monoisotopic (exact) mass is 255 g/mol. The number of ether oxygens (including phenoxy) is 1. The highest BCUT2D eigenvalue weighted by Gasteiger charge is 2.08. The number of carbonyl (C=O) groups excluding carboxylic acids is 1. The Kier molecular flexibility index (Phi) is 5.84. The van der Waals surface area contributed by atoms with Crippen LogP contribution < -0.4 is 10.1 Å². The minimum atomic E-state index is -0.532. The molecule has 1 aromatic carbocycles. The summed E-state index contributed by atoms with van der Waals surface area (Å²) >= 11 is 5.66. The Balaban J connectivity index is 2.47. The van der Waals surface area contributed by atoms with E-state index < -0.39 is 5.38 Å². The minimum absolute atomic E-state index is 0.202. The molecule has 0 fully saturated rings. The van der Waals surface area contributed by atoms with Gasteiger partial charge in [-0.1, -0.05) is 13.3 Å². The molecule has 1 N–H and O–H groups in total. The van der Waals surface area contributed by atoms with E-state index in [4.69, 9.17) is 16.3 Å². The molecule has 0 spiro atoms. The summed E-state index contributed by atoms with van der Waals surface area (Å²) < 4.78 is 5.52. The molecule has 0 radical (unpaired) electrons. The topological polar surface area (TPSA) is 38.3 Å². The fourth-order valence-electron chi connectivity index (χ4n) is 1.21. The van der Waals surface area contributed by atoms with E-state index in [0.29, 0.717) is 0 Å². The molecular formula is C13H18ClNO2. The van der Waals surface area contributed by atoms with Gasteiger partial charge in [0.05, 0.1) is 6.61 Å². The van der Waals surface area contributed by atoms with E-state index in [1.54, 1.807) is 19.1 Å². The van der Waals surface area contributed by atoms with Crippen molar-refractivity contribution in [3.63, 3.8) is 0 Å². The molecule has 1 atom stereocenters. The van der Waals surface area contributed by atoms with Gasteiger partial charge in [-0.05, 0) is 37.6 Å². The number of hydrogen-bond donors (Lipinski definition) is 1. The van der Waals surface area contributed by atoms with Gasteiger partial charge in [-0.15, -0.1) is 11.6 Å². The number of nitrogens with one attached hydrogen (secondary N) is 1. The van der Waals surface area contributed by atoms with Gasteiger partial charge in [0, 0.05) is 5.69 Å². The Morgan fingerprint density at radius 3 is 2.59 bits per heavy atom. The van der Waals surface area contributed by atoms with Gasteiger partial charge < -0.3 is 10.1 Å². The zero-order valence-electron chi connectivity index (χ0n) is 10.2. The van der Waals surface area contributed by atoms with Crippen LogP contribution in [0, 0.1) is 0 Å². The molecular weight excluding hydrogens is 238 g/mol. The Morgan fingerprint density at radius 2 is 2.06 bits per heavy atom. The minimum Gasteiger partial charge on any atom is -0.494 e. The Bertz CT molecular complexity index is 349. The van der Waals surface area contributed by atoms with Crippen LogP contribution in [0.15, 0.2) is 24.3 Å². The summed E-state index contributed by atoms with van der Waals surface area (Å²) in [4.78, 5) is 11.3. The third kappa shape index (κ3) is 5.09. The lowest BCUT2D eigenvalue weighted by Crippen LogP contribution is -2.20. The van der Waals surface area contributed by atoms with Crippen molar-refractivity contribution < 1.29 is 9.53 Å². The van der Waals surface area contributed by atoms with Crippen LogP contribution in [0.5, 0.6) is 5.75 Å². The second kappa shape index (κ2) is 7.17. The second-order valence-electron chi connectivity index (χ2n) is 3.83. The Hall–Kier alpha value is -1.22. The molecule has 0 aliphatic carbocycles. The molecule has 1 rings (SSSR count). The molecule has 0 saturated carbocycles. The normalized spacial score (nSPS) is 11.9. The van der Waals surface area contributed by atoms with E-state index in [0.717, 1.165) is 30.9 Å². The van der Waals surface area contributed by atoms with E-state index in [9.17, 15) is 4.79 Å². The number of rotatable bonds is 6. The third-order valence-corrected chi connectivity index (χ3v) is 2.45. The fourth-order valence-corrected chi connectivity index (χ4v) is 1.27. The predicted molar refractivity (Wildman–Crippen MR) is 70.8 cm³/mol. The van der Waals surface area contributed by atoms with Gasteiger partial charge in [0.25, 0.3) is 0 Å². The molecule has 0 bridgehead atoms. The molecule has 94 valence electrons. The van der Waals surface area contributed by atoms with Gasteiger partial charge in [-0.3, -0.25) is 4.79 Å². The zero-order chi connectivity index (χ0) is 12.7. The fraction of sp³-hybridized carbons (Fsp3) is 0.462. The van der Waals surface area contributed by atoms with Gasteiger partial charge in [0.1, 0.15) is 11.1 Å². The number of unbranched alkanes of at least 4 members (excludes halogenated alkanes) is 1. The van der Waals surface area contributed by atoms with Crippen molar-refractivity contribution >= 4 is 23.2 Å². The van der Waals surface area contributed by atoms with E-state index in [2.05, 4.69) is 12.2 Å². The molecule has 17 heavy (non-hydrogen) atoms. The predicted octanol–water partition coefficient (Wildman–Crippen LogP) is 3.43. The Morgan fingerprint density at radius 1 is 1.41 bits per heavy atom. The highest BCUT2D eigenvalue weighted by Crippen LogP contribution is 2.16. The first kappa shape index (κ1) is 13.8. The smallest absolute Gasteiger partial charge is 0.242 e. The van der Waals surface area contributed by atoms with Crippen molar-refractivity contribution in [1.29, 1.82) is 0 Å². The molecule has 4 heteroatoms. The summed E-state index contributed by atoms with van der Waals surface area (Å²) in [6, 6.07) is 7.28. The van der Waals surface area contributed by atoms with Gasteiger partial charge >= 0.3 is 0 Å². The molecule has 0 saturated heterocycles. The largest absolute Gasteiger partial charge is 0.494 e. The van der Waals surface area contributed by atoms with Crippen LogP contribution >= 0.6 is 11.6 Å². The van der Waals surface area contributed by atoms with Crippen molar-refractivity contribution in [3.8, 4) is 5.75 Å². The van der Waals surface area contributed by atoms with Crippen molar-refractivity contribution in [2.75, 3.05) is 11.9 Å². The molecule has 0 aromatic heterocycles. The lowest BCUT2D eigenvalue weighted by Gasteiger charge is -2.08. The lowest BCUT2D eigenvalue weighted by molar-refractivity contribution is -0.115.